The number of aliphatic hydroxyl groups is 1. The lowest BCUT2D eigenvalue weighted by atomic mass is 9.91. The van der Waals surface area contributed by atoms with Gasteiger partial charge < -0.3 is 14.9 Å². The van der Waals surface area contributed by atoms with E-state index in [0.717, 1.165) is 37.5 Å². The molecule has 0 saturated carbocycles. The van der Waals surface area contributed by atoms with Crippen molar-refractivity contribution in [2.45, 2.75) is 483 Å². The number of carboxylic acid groups (broad SMARTS) is 1. The summed E-state index contributed by atoms with van der Waals surface area (Å²) in [5.41, 5.74) is 0. The number of aliphatic carboxylic acids is 1. The first-order valence-electron chi connectivity index (χ1n) is 40.1. The van der Waals surface area contributed by atoms with Crippen LogP contribution in [-0.2, 0) is 9.53 Å². The summed E-state index contributed by atoms with van der Waals surface area (Å²) < 4.78 is 6.14. The number of carboxylic acids is 1. The first-order valence-corrected chi connectivity index (χ1v) is 40.1. The SMILES string of the molecule is CCCCCCCCCCCCCCCCCCCCCC[C@@H](C(=O)O)[C@H](O)CCCCCCCCCCCCCCCCCCC[C@@H](C)/C=C/CCCCCCCCCCCC[C@H]1O[C@@H]1[C@H](C)CCCCCCCCCCCCCCCCC. The lowest BCUT2D eigenvalue weighted by Crippen LogP contribution is -2.28. The molecule has 0 aliphatic carbocycles. The number of unbranched alkanes of at least 4 members (excludes halogenated alkanes) is 59. The molecule has 0 aromatic rings. The van der Waals surface area contributed by atoms with Crippen LogP contribution in [-0.4, -0.2) is 34.5 Å². The fourth-order valence-electron chi connectivity index (χ4n) is 14.1. The molecule has 2 N–H and O–H groups in total. The van der Waals surface area contributed by atoms with Crippen LogP contribution >= 0.6 is 0 Å². The van der Waals surface area contributed by atoms with Crippen molar-refractivity contribution >= 4 is 5.97 Å². The minimum absolute atomic E-state index is 0.580. The van der Waals surface area contributed by atoms with Crippen molar-refractivity contribution in [3.05, 3.63) is 12.2 Å². The molecule has 1 fully saturated rings. The van der Waals surface area contributed by atoms with Gasteiger partial charge in [0.25, 0.3) is 0 Å². The summed E-state index contributed by atoms with van der Waals surface area (Å²) in [6.07, 6.45) is 97.9. The maximum atomic E-state index is 11.9. The lowest BCUT2D eigenvalue weighted by Gasteiger charge is -2.19. The molecule has 1 rings (SSSR count). The summed E-state index contributed by atoms with van der Waals surface area (Å²) in [5, 5.41) is 20.5. The number of allylic oxidation sites excluding steroid dienone is 2. The standard InChI is InChI=1S/C81H158O4/c1-5-7-9-11-13-15-17-19-21-22-23-24-27-31-35-42-48-54-60-66-72-77(81(83)84)78(82)73-67-61-55-49-43-36-32-28-25-26-30-33-39-45-51-57-63-69-75(3)70-64-58-52-46-40-37-38-44-50-56-62-68-74-79-80(85-79)76(4)71-65-59-53-47-41-34-29-20-18-16-14-12-10-8-6-2/h64,70,75-80,82H,5-63,65-69,71-74H2,1-4H3,(H,83,84)/b70-64+/t75-,76-,77-,78-,79-,80-/m1/s1. The van der Waals surface area contributed by atoms with E-state index in [4.69, 9.17) is 4.74 Å². The second-order valence-electron chi connectivity index (χ2n) is 29.0. The maximum absolute atomic E-state index is 11.9. The molecule has 4 heteroatoms. The number of hydrogen-bond acceptors (Lipinski definition) is 3. The molecular weight excluding hydrogens is 1040 g/mol. The second-order valence-corrected chi connectivity index (χ2v) is 29.0. The van der Waals surface area contributed by atoms with Gasteiger partial charge in [0.1, 0.15) is 0 Å². The van der Waals surface area contributed by atoms with Crippen LogP contribution in [0.5, 0.6) is 0 Å². The van der Waals surface area contributed by atoms with E-state index in [9.17, 15) is 15.0 Å². The molecule has 6 atom stereocenters. The van der Waals surface area contributed by atoms with E-state index in [1.54, 1.807) is 0 Å². The molecule has 0 bridgehead atoms. The molecule has 1 heterocycles. The number of rotatable bonds is 74. The topological polar surface area (TPSA) is 70.1 Å². The average molecular weight is 1200 g/mol. The highest BCUT2D eigenvalue weighted by Gasteiger charge is 2.41. The summed E-state index contributed by atoms with van der Waals surface area (Å²) >= 11 is 0. The number of carbonyl (C=O) groups is 1. The van der Waals surface area contributed by atoms with Gasteiger partial charge in [0.2, 0.25) is 0 Å². The van der Waals surface area contributed by atoms with Crippen LogP contribution in [0.15, 0.2) is 12.2 Å². The lowest BCUT2D eigenvalue weighted by molar-refractivity contribution is -0.146. The Morgan fingerprint density at radius 3 is 0.918 bits per heavy atom. The van der Waals surface area contributed by atoms with Crippen LogP contribution < -0.4 is 0 Å². The Bertz CT molecular complexity index is 1310. The Hall–Kier alpha value is -0.870. The number of aliphatic hydroxyl groups excluding tert-OH is 1. The van der Waals surface area contributed by atoms with E-state index >= 15 is 0 Å². The Morgan fingerprint density at radius 2 is 0.600 bits per heavy atom. The molecule has 1 aliphatic rings. The Kier molecular flexibility index (Phi) is 65.3. The second kappa shape index (κ2) is 67.5. The number of epoxide rings is 1. The molecule has 0 amide bonds. The highest BCUT2D eigenvalue weighted by atomic mass is 16.6. The Balaban J connectivity index is 1.76. The van der Waals surface area contributed by atoms with E-state index in [1.807, 2.05) is 0 Å². The first kappa shape index (κ1) is 82.1. The third kappa shape index (κ3) is 60.5. The van der Waals surface area contributed by atoms with Gasteiger partial charge in [-0.3, -0.25) is 4.79 Å². The zero-order chi connectivity index (χ0) is 61.2. The molecule has 506 valence electrons. The average Bonchev–Trinajstić information content (AvgIpc) is 4.33. The number of hydrogen-bond donors (Lipinski definition) is 2. The van der Waals surface area contributed by atoms with Gasteiger partial charge in [-0.1, -0.05) is 432 Å². The molecule has 1 saturated heterocycles. The van der Waals surface area contributed by atoms with Gasteiger partial charge in [-0.25, -0.2) is 0 Å². The minimum Gasteiger partial charge on any atom is -0.481 e. The van der Waals surface area contributed by atoms with Crippen LogP contribution in [0.25, 0.3) is 0 Å². The molecule has 0 aromatic heterocycles. The summed E-state index contributed by atoms with van der Waals surface area (Å²) in [6.45, 7) is 9.48. The third-order valence-corrected chi connectivity index (χ3v) is 20.3. The van der Waals surface area contributed by atoms with E-state index in [2.05, 4.69) is 39.8 Å². The Morgan fingerprint density at radius 1 is 0.341 bits per heavy atom. The predicted molar refractivity (Wildman–Crippen MR) is 379 cm³/mol. The van der Waals surface area contributed by atoms with Crippen LogP contribution in [0.3, 0.4) is 0 Å². The van der Waals surface area contributed by atoms with Crippen LogP contribution in [0.4, 0.5) is 0 Å². The maximum Gasteiger partial charge on any atom is 0.309 e. The fraction of sp³-hybridized carbons (Fsp3) is 0.963. The van der Waals surface area contributed by atoms with E-state index < -0.39 is 18.0 Å². The summed E-state index contributed by atoms with van der Waals surface area (Å²) in [6, 6.07) is 0. The monoisotopic (exact) mass is 1200 g/mol. The molecular formula is C81H158O4. The molecule has 0 radical (unpaired) electrons. The van der Waals surface area contributed by atoms with Crippen molar-refractivity contribution in [3.63, 3.8) is 0 Å². The Labute approximate surface area is 535 Å². The van der Waals surface area contributed by atoms with Crippen molar-refractivity contribution in [3.8, 4) is 0 Å². The van der Waals surface area contributed by atoms with E-state index in [1.165, 1.54) is 398 Å². The van der Waals surface area contributed by atoms with Gasteiger partial charge in [0.15, 0.2) is 0 Å². The molecule has 1 aliphatic heterocycles. The highest BCUT2D eigenvalue weighted by Crippen LogP contribution is 2.36. The molecule has 0 spiro atoms. The minimum atomic E-state index is -0.801. The normalized spacial score (nSPS) is 15.8. The molecule has 0 unspecified atom stereocenters. The highest BCUT2D eigenvalue weighted by molar-refractivity contribution is 5.70. The number of ether oxygens (including phenoxy) is 1. The van der Waals surface area contributed by atoms with Crippen LogP contribution in [0.1, 0.15) is 464 Å². The van der Waals surface area contributed by atoms with Crippen LogP contribution in [0.2, 0.25) is 0 Å². The van der Waals surface area contributed by atoms with Gasteiger partial charge in [-0.15, -0.1) is 0 Å². The first-order chi connectivity index (χ1) is 41.9. The zero-order valence-corrected chi connectivity index (χ0v) is 58.9. The smallest absolute Gasteiger partial charge is 0.309 e. The van der Waals surface area contributed by atoms with Crippen molar-refractivity contribution < 1.29 is 19.7 Å². The van der Waals surface area contributed by atoms with Crippen molar-refractivity contribution in [2.24, 2.45) is 17.8 Å². The van der Waals surface area contributed by atoms with Gasteiger partial charge in [-0.05, 0) is 56.8 Å². The van der Waals surface area contributed by atoms with Crippen molar-refractivity contribution in [1.82, 2.24) is 0 Å². The van der Waals surface area contributed by atoms with Gasteiger partial charge in [-0.2, -0.15) is 0 Å². The molecule has 0 aromatic carbocycles. The quantitative estimate of drug-likeness (QED) is 0.0362. The summed E-state index contributed by atoms with van der Waals surface area (Å²) in [4.78, 5) is 11.9. The third-order valence-electron chi connectivity index (χ3n) is 20.3. The van der Waals surface area contributed by atoms with Crippen molar-refractivity contribution in [1.29, 1.82) is 0 Å². The summed E-state index contributed by atoms with van der Waals surface area (Å²) in [5.74, 6) is 0.124. The largest absolute Gasteiger partial charge is 0.481 e. The van der Waals surface area contributed by atoms with E-state index in [0.29, 0.717) is 25.0 Å². The summed E-state index contributed by atoms with van der Waals surface area (Å²) in [7, 11) is 0. The molecule has 85 heavy (non-hydrogen) atoms. The van der Waals surface area contributed by atoms with Gasteiger partial charge in [0.05, 0.1) is 24.2 Å². The van der Waals surface area contributed by atoms with Crippen molar-refractivity contribution in [2.75, 3.05) is 0 Å². The van der Waals surface area contributed by atoms with Gasteiger partial charge in [0, 0.05) is 0 Å². The molecule has 4 nitrogen and oxygen atoms in total. The predicted octanol–water partition coefficient (Wildman–Crippen LogP) is 28.2. The van der Waals surface area contributed by atoms with E-state index in [-0.39, 0.29) is 0 Å². The van der Waals surface area contributed by atoms with Gasteiger partial charge >= 0.3 is 5.97 Å². The zero-order valence-electron chi connectivity index (χ0n) is 58.9. The van der Waals surface area contributed by atoms with Crippen LogP contribution in [0, 0.1) is 17.8 Å². The fourth-order valence-corrected chi connectivity index (χ4v) is 14.1.